The van der Waals surface area contributed by atoms with Crippen molar-refractivity contribution in [3.63, 3.8) is 0 Å². The van der Waals surface area contributed by atoms with E-state index in [-0.39, 0.29) is 0 Å². The summed E-state index contributed by atoms with van der Waals surface area (Å²) in [5.74, 6) is 1.02. The van der Waals surface area contributed by atoms with Gasteiger partial charge in [0.15, 0.2) is 0 Å². The first-order valence-corrected chi connectivity index (χ1v) is 3.85. The Kier molecular flexibility index (Phi) is 1.68. The highest BCUT2D eigenvalue weighted by molar-refractivity contribution is 4.99. The Morgan fingerprint density at radius 1 is 1.64 bits per heavy atom. The number of hydrogen-bond donors (Lipinski definition) is 1. The molecule has 2 rings (SSSR count). The molecule has 2 N–H and O–H groups in total. The van der Waals surface area contributed by atoms with E-state index in [1.165, 1.54) is 0 Å². The molecule has 0 aliphatic carbocycles. The van der Waals surface area contributed by atoms with Crippen LogP contribution in [0.3, 0.4) is 0 Å². The maximum atomic E-state index is 5.63. The molecule has 11 heavy (non-hydrogen) atoms. The summed E-state index contributed by atoms with van der Waals surface area (Å²) in [6.45, 7) is 2.90. The second-order valence-electron chi connectivity index (χ2n) is 3.03. The minimum atomic E-state index is 0.380. The predicted octanol–water partition coefficient (Wildman–Crippen LogP) is 0.422. The van der Waals surface area contributed by atoms with Crippen LogP contribution in [0.25, 0.3) is 0 Å². The lowest BCUT2D eigenvalue weighted by Gasteiger charge is -2.35. The first-order valence-electron chi connectivity index (χ1n) is 3.85. The van der Waals surface area contributed by atoms with E-state index in [0.29, 0.717) is 6.04 Å². The number of likely N-dealkylation sites (tertiary alicyclic amines) is 1. The van der Waals surface area contributed by atoms with E-state index in [4.69, 9.17) is 10.2 Å². The minimum Gasteiger partial charge on any atom is -0.468 e. The van der Waals surface area contributed by atoms with Crippen molar-refractivity contribution < 1.29 is 4.42 Å². The SMILES string of the molecule is NC1CN(Cc2ccco2)C1. The zero-order valence-corrected chi connectivity index (χ0v) is 6.36. The van der Waals surface area contributed by atoms with E-state index >= 15 is 0 Å². The van der Waals surface area contributed by atoms with E-state index in [0.717, 1.165) is 25.4 Å². The van der Waals surface area contributed by atoms with Crippen molar-refractivity contribution in [2.24, 2.45) is 5.73 Å². The lowest BCUT2D eigenvalue weighted by atomic mass is 10.1. The Morgan fingerprint density at radius 2 is 2.45 bits per heavy atom. The second-order valence-corrected chi connectivity index (χ2v) is 3.03. The van der Waals surface area contributed by atoms with E-state index < -0.39 is 0 Å². The molecule has 0 bridgehead atoms. The molecule has 0 radical (unpaired) electrons. The topological polar surface area (TPSA) is 42.4 Å². The van der Waals surface area contributed by atoms with Gasteiger partial charge in [0.2, 0.25) is 0 Å². The fourth-order valence-electron chi connectivity index (χ4n) is 1.36. The summed E-state index contributed by atoms with van der Waals surface area (Å²) in [5.41, 5.74) is 5.63. The normalized spacial score (nSPS) is 20.1. The van der Waals surface area contributed by atoms with Crippen molar-refractivity contribution in [2.75, 3.05) is 13.1 Å². The molecule has 2 heterocycles. The third-order valence-electron chi connectivity index (χ3n) is 1.94. The molecule has 60 valence electrons. The van der Waals surface area contributed by atoms with Gasteiger partial charge in [-0.3, -0.25) is 4.90 Å². The van der Waals surface area contributed by atoms with Crippen LogP contribution in [0.1, 0.15) is 5.76 Å². The maximum absolute atomic E-state index is 5.63. The number of rotatable bonds is 2. The lowest BCUT2D eigenvalue weighted by molar-refractivity contribution is 0.132. The van der Waals surface area contributed by atoms with Crippen molar-refractivity contribution >= 4 is 0 Å². The van der Waals surface area contributed by atoms with Crippen molar-refractivity contribution in [2.45, 2.75) is 12.6 Å². The van der Waals surface area contributed by atoms with Gasteiger partial charge in [-0.2, -0.15) is 0 Å². The van der Waals surface area contributed by atoms with E-state index in [2.05, 4.69) is 4.90 Å². The molecule has 0 spiro atoms. The maximum Gasteiger partial charge on any atom is 0.117 e. The third-order valence-corrected chi connectivity index (χ3v) is 1.94. The molecule has 1 aromatic heterocycles. The molecule has 1 aliphatic heterocycles. The van der Waals surface area contributed by atoms with Crippen LogP contribution >= 0.6 is 0 Å². The predicted molar refractivity (Wildman–Crippen MR) is 42.0 cm³/mol. The summed E-state index contributed by atoms with van der Waals surface area (Å²) in [4.78, 5) is 2.27. The molecule has 3 heteroatoms. The molecule has 1 aliphatic rings. The van der Waals surface area contributed by atoms with E-state index in [9.17, 15) is 0 Å². The van der Waals surface area contributed by atoms with E-state index in [1.807, 2.05) is 12.1 Å². The molecule has 3 nitrogen and oxygen atoms in total. The van der Waals surface area contributed by atoms with Gasteiger partial charge in [-0.05, 0) is 12.1 Å². The zero-order chi connectivity index (χ0) is 7.68. The largest absolute Gasteiger partial charge is 0.468 e. The quantitative estimate of drug-likeness (QED) is 0.668. The molecule has 0 aromatic carbocycles. The van der Waals surface area contributed by atoms with Crippen LogP contribution in [-0.2, 0) is 6.54 Å². The average molecular weight is 152 g/mol. The Labute approximate surface area is 65.8 Å². The van der Waals surface area contributed by atoms with Crippen molar-refractivity contribution in [3.8, 4) is 0 Å². The smallest absolute Gasteiger partial charge is 0.117 e. The molecule has 0 atom stereocenters. The molecule has 1 aromatic rings. The van der Waals surface area contributed by atoms with Crippen LogP contribution < -0.4 is 5.73 Å². The molecular weight excluding hydrogens is 140 g/mol. The number of furan rings is 1. The summed E-state index contributed by atoms with van der Waals surface area (Å²) >= 11 is 0. The van der Waals surface area contributed by atoms with Gasteiger partial charge in [0.25, 0.3) is 0 Å². The highest BCUT2D eigenvalue weighted by Crippen LogP contribution is 2.11. The molecule has 0 unspecified atom stereocenters. The van der Waals surface area contributed by atoms with Crippen LogP contribution in [0.2, 0.25) is 0 Å². The molecule has 0 saturated carbocycles. The fraction of sp³-hybridized carbons (Fsp3) is 0.500. The minimum absolute atomic E-state index is 0.380. The lowest BCUT2D eigenvalue weighted by Crippen LogP contribution is -2.54. The van der Waals surface area contributed by atoms with Gasteiger partial charge in [-0.25, -0.2) is 0 Å². The third kappa shape index (κ3) is 1.44. The van der Waals surface area contributed by atoms with Crippen LogP contribution in [-0.4, -0.2) is 24.0 Å². The number of hydrogen-bond acceptors (Lipinski definition) is 3. The average Bonchev–Trinajstić information content (AvgIpc) is 2.36. The van der Waals surface area contributed by atoms with Gasteiger partial charge >= 0.3 is 0 Å². The molecule has 1 saturated heterocycles. The fourth-order valence-corrected chi connectivity index (χ4v) is 1.36. The first kappa shape index (κ1) is 6.88. The molecular formula is C8H12N2O. The van der Waals surface area contributed by atoms with Gasteiger partial charge in [0.05, 0.1) is 12.8 Å². The monoisotopic (exact) mass is 152 g/mol. The summed E-state index contributed by atoms with van der Waals surface area (Å²) in [6.07, 6.45) is 1.70. The van der Waals surface area contributed by atoms with Crippen LogP contribution in [0, 0.1) is 0 Å². The molecule has 1 fully saturated rings. The highest BCUT2D eigenvalue weighted by Gasteiger charge is 2.23. The first-order chi connectivity index (χ1) is 5.34. The van der Waals surface area contributed by atoms with Crippen molar-refractivity contribution in [1.82, 2.24) is 4.90 Å². The Morgan fingerprint density at radius 3 is 3.00 bits per heavy atom. The zero-order valence-electron chi connectivity index (χ0n) is 6.36. The Bertz CT molecular complexity index is 214. The van der Waals surface area contributed by atoms with Crippen molar-refractivity contribution in [3.05, 3.63) is 24.2 Å². The molecule has 0 amide bonds. The van der Waals surface area contributed by atoms with Crippen LogP contribution in [0.5, 0.6) is 0 Å². The van der Waals surface area contributed by atoms with E-state index in [1.54, 1.807) is 6.26 Å². The Hall–Kier alpha value is -0.800. The number of nitrogens with two attached hydrogens (primary N) is 1. The second kappa shape index (κ2) is 2.68. The van der Waals surface area contributed by atoms with Crippen LogP contribution in [0.15, 0.2) is 22.8 Å². The van der Waals surface area contributed by atoms with Gasteiger partial charge in [0.1, 0.15) is 5.76 Å². The van der Waals surface area contributed by atoms with Crippen LogP contribution in [0.4, 0.5) is 0 Å². The van der Waals surface area contributed by atoms with Crippen molar-refractivity contribution in [1.29, 1.82) is 0 Å². The standard InChI is InChI=1S/C8H12N2O/c9-7-4-10(5-7)6-8-2-1-3-11-8/h1-3,7H,4-6,9H2. The van der Waals surface area contributed by atoms with Gasteiger partial charge in [0, 0.05) is 19.1 Å². The highest BCUT2D eigenvalue weighted by atomic mass is 16.3. The van der Waals surface area contributed by atoms with Gasteiger partial charge in [-0.1, -0.05) is 0 Å². The van der Waals surface area contributed by atoms with Gasteiger partial charge < -0.3 is 10.2 Å². The number of nitrogens with zero attached hydrogens (tertiary/aromatic N) is 1. The summed E-state index contributed by atoms with van der Waals surface area (Å²) in [7, 11) is 0. The Balaban J connectivity index is 1.84. The van der Waals surface area contributed by atoms with Gasteiger partial charge in [-0.15, -0.1) is 0 Å². The summed E-state index contributed by atoms with van der Waals surface area (Å²) < 4.78 is 5.19. The summed E-state index contributed by atoms with van der Waals surface area (Å²) in [5, 5.41) is 0. The summed E-state index contributed by atoms with van der Waals surface area (Å²) in [6, 6.07) is 4.28.